The fraction of sp³-hybridized carbons (Fsp3) is 0.0698. The Hall–Kier alpha value is -5.18. The van der Waals surface area contributed by atoms with Crippen molar-refractivity contribution in [1.82, 2.24) is 0 Å². The molecule has 1 aromatic heterocycles. The molecule has 0 radical (unpaired) electrons. The van der Waals surface area contributed by atoms with Crippen LogP contribution in [-0.4, -0.2) is 0 Å². The topological polar surface area (TPSA) is 3.24 Å². The average Bonchev–Trinajstić information content (AvgIpc) is 3.57. The van der Waals surface area contributed by atoms with E-state index in [0.717, 1.165) is 5.69 Å². The molecule has 0 unspecified atom stereocenters. The van der Waals surface area contributed by atoms with E-state index in [9.17, 15) is 0 Å². The highest BCUT2D eigenvalue weighted by atomic mass is 32.1. The van der Waals surface area contributed by atoms with Crippen molar-refractivity contribution in [1.29, 1.82) is 0 Å². The Labute approximate surface area is 267 Å². The molecule has 1 heterocycles. The quantitative estimate of drug-likeness (QED) is 0.196. The molecular weight excluding hydrogens is 563 g/mol. The van der Waals surface area contributed by atoms with Gasteiger partial charge in [-0.25, -0.2) is 0 Å². The summed E-state index contributed by atoms with van der Waals surface area (Å²) in [5, 5.41) is 5.15. The van der Waals surface area contributed by atoms with Crippen LogP contribution in [0.4, 0.5) is 17.1 Å². The molecule has 0 aliphatic heterocycles. The second kappa shape index (κ2) is 9.92. The number of rotatable bonds is 4. The molecular formula is C43H31NS. The van der Waals surface area contributed by atoms with Gasteiger partial charge in [0.2, 0.25) is 0 Å². The van der Waals surface area contributed by atoms with Gasteiger partial charge < -0.3 is 4.90 Å². The first-order chi connectivity index (χ1) is 22.1. The molecule has 0 saturated heterocycles. The Morgan fingerprint density at radius 2 is 1.16 bits per heavy atom. The fourth-order valence-corrected chi connectivity index (χ4v) is 8.66. The molecule has 1 nitrogen and oxygen atoms in total. The minimum Gasteiger partial charge on any atom is -0.310 e. The van der Waals surface area contributed by atoms with Gasteiger partial charge in [0.25, 0.3) is 0 Å². The number of benzene rings is 7. The van der Waals surface area contributed by atoms with Crippen LogP contribution in [0.15, 0.2) is 152 Å². The largest absolute Gasteiger partial charge is 0.310 e. The molecule has 0 amide bonds. The van der Waals surface area contributed by atoms with Crippen LogP contribution in [0.3, 0.4) is 0 Å². The van der Waals surface area contributed by atoms with Gasteiger partial charge in [0.1, 0.15) is 0 Å². The second-order valence-electron chi connectivity index (χ2n) is 12.6. The zero-order chi connectivity index (χ0) is 30.1. The maximum atomic E-state index is 2.49. The first kappa shape index (κ1) is 26.2. The van der Waals surface area contributed by atoms with E-state index in [4.69, 9.17) is 0 Å². The van der Waals surface area contributed by atoms with Crippen LogP contribution in [0.2, 0.25) is 0 Å². The van der Waals surface area contributed by atoms with Crippen molar-refractivity contribution in [3.8, 4) is 22.3 Å². The predicted octanol–water partition coefficient (Wildman–Crippen LogP) is 12.7. The third kappa shape index (κ3) is 3.99. The average molecular weight is 594 g/mol. The Balaban J connectivity index is 1.31. The lowest BCUT2D eigenvalue weighted by molar-refractivity contribution is 0.661. The number of fused-ring (bicyclic) bond motifs is 7. The van der Waals surface area contributed by atoms with E-state index in [1.807, 2.05) is 11.3 Å². The van der Waals surface area contributed by atoms with Crippen molar-refractivity contribution in [3.63, 3.8) is 0 Å². The summed E-state index contributed by atoms with van der Waals surface area (Å²) in [7, 11) is 0. The molecule has 0 N–H and O–H groups in total. The summed E-state index contributed by atoms with van der Waals surface area (Å²) in [5.41, 5.74) is 11.3. The van der Waals surface area contributed by atoms with E-state index in [0.29, 0.717) is 0 Å². The second-order valence-corrected chi connectivity index (χ2v) is 13.6. The van der Waals surface area contributed by atoms with Gasteiger partial charge in [-0.1, -0.05) is 123 Å². The molecule has 1 aliphatic carbocycles. The van der Waals surface area contributed by atoms with Crippen molar-refractivity contribution in [3.05, 3.63) is 163 Å². The Kier molecular flexibility index (Phi) is 5.78. The van der Waals surface area contributed by atoms with Crippen LogP contribution in [0.25, 0.3) is 53.2 Å². The lowest BCUT2D eigenvalue weighted by Gasteiger charge is -2.32. The standard InChI is InChI=1S/C43H31NS/c1-43(2)38-21-7-5-17-34(38)36-20-11-22-39(42(36)43)44(31-24-25-41-37(27-31)35-18-6-8-23-40(35)45-41)30-15-9-14-29(26-30)33-19-10-13-28-12-3-4-16-32(28)33/h3-27H,1-2H3. The van der Waals surface area contributed by atoms with E-state index < -0.39 is 0 Å². The van der Waals surface area contributed by atoms with Crippen molar-refractivity contribution in [2.24, 2.45) is 0 Å². The van der Waals surface area contributed by atoms with E-state index in [1.54, 1.807) is 0 Å². The zero-order valence-electron chi connectivity index (χ0n) is 25.3. The van der Waals surface area contributed by atoms with Crippen molar-refractivity contribution in [2.45, 2.75) is 19.3 Å². The number of hydrogen-bond acceptors (Lipinski definition) is 2. The Morgan fingerprint density at radius 3 is 2.09 bits per heavy atom. The molecule has 45 heavy (non-hydrogen) atoms. The molecule has 9 rings (SSSR count). The van der Waals surface area contributed by atoms with Crippen LogP contribution in [0, 0.1) is 0 Å². The van der Waals surface area contributed by atoms with Gasteiger partial charge in [0.15, 0.2) is 0 Å². The van der Waals surface area contributed by atoms with Gasteiger partial charge in [-0.2, -0.15) is 0 Å². The van der Waals surface area contributed by atoms with Crippen LogP contribution in [-0.2, 0) is 5.41 Å². The SMILES string of the molecule is CC1(C)c2ccccc2-c2cccc(N(c3cccc(-c4cccc5ccccc45)c3)c3ccc4sc5ccccc5c4c3)c21. The molecule has 214 valence electrons. The number of anilines is 3. The lowest BCUT2D eigenvalue weighted by Crippen LogP contribution is -2.20. The van der Waals surface area contributed by atoms with Crippen LogP contribution in [0.1, 0.15) is 25.0 Å². The highest BCUT2D eigenvalue weighted by Gasteiger charge is 2.38. The van der Waals surface area contributed by atoms with E-state index in [2.05, 4.69) is 170 Å². The molecule has 0 spiro atoms. The van der Waals surface area contributed by atoms with Gasteiger partial charge in [-0.05, 0) is 86.6 Å². The fourth-order valence-electron chi connectivity index (χ4n) is 7.58. The van der Waals surface area contributed by atoms with Gasteiger partial charge >= 0.3 is 0 Å². The maximum Gasteiger partial charge on any atom is 0.0508 e. The molecule has 2 heteroatoms. The van der Waals surface area contributed by atoms with Gasteiger partial charge in [0, 0.05) is 37.0 Å². The van der Waals surface area contributed by atoms with Crippen LogP contribution >= 0.6 is 11.3 Å². The predicted molar refractivity (Wildman–Crippen MR) is 195 cm³/mol. The van der Waals surface area contributed by atoms with Crippen molar-refractivity contribution in [2.75, 3.05) is 4.90 Å². The van der Waals surface area contributed by atoms with Crippen LogP contribution in [0.5, 0.6) is 0 Å². The molecule has 0 bridgehead atoms. The molecule has 0 fully saturated rings. The molecule has 0 saturated carbocycles. The number of thiophene rings is 1. The Bertz CT molecular complexity index is 2420. The summed E-state index contributed by atoms with van der Waals surface area (Å²) in [4.78, 5) is 2.49. The minimum absolute atomic E-state index is 0.146. The smallest absolute Gasteiger partial charge is 0.0508 e. The summed E-state index contributed by atoms with van der Waals surface area (Å²) in [5.74, 6) is 0. The molecule has 7 aromatic carbocycles. The normalized spacial score (nSPS) is 13.3. The van der Waals surface area contributed by atoms with Crippen molar-refractivity contribution >= 4 is 59.3 Å². The number of hydrogen-bond donors (Lipinski definition) is 0. The van der Waals surface area contributed by atoms with E-state index >= 15 is 0 Å². The lowest BCUT2D eigenvalue weighted by atomic mass is 9.81. The third-order valence-corrected chi connectivity index (χ3v) is 10.8. The summed E-state index contributed by atoms with van der Waals surface area (Å²) in [6.07, 6.45) is 0. The maximum absolute atomic E-state index is 2.49. The summed E-state index contributed by atoms with van der Waals surface area (Å²) < 4.78 is 2.64. The van der Waals surface area contributed by atoms with Crippen LogP contribution < -0.4 is 4.90 Å². The van der Waals surface area contributed by atoms with Gasteiger partial charge in [-0.15, -0.1) is 11.3 Å². The van der Waals surface area contributed by atoms with Gasteiger partial charge in [0.05, 0.1) is 5.69 Å². The highest BCUT2D eigenvalue weighted by molar-refractivity contribution is 7.25. The Morgan fingerprint density at radius 1 is 0.489 bits per heavy atom. The first-order valence-corrected chi connectivity index (χ1v) is 16.4. The summed E-state index contributed by atoms with van der Waals surface area (Å²) in [6.45, 7) is 4.75. The van der Waals surface area contributed by atoms with Crippen molar-refractivity contribution < 1.29 is 0 Å². The third-order valence-electron chi connectivity index (χ3n) is 9.62. The molecule has 1 aliphatic rings. The monoisotopic (exact) mass is 593 g/mol. The highest BCUT2D eigenvalue weighted by Crippen LogP contribution is 2.54. The summed E-state index contributed by atoms with van der Waals surface area (Å²) >= 11 is 1.87. The number of nitrogens with zero attached hydrogens (tertiary/aromatic N) is 1. The van der Waals surface area contributed by atoms with E-state index in [-0.39, 0.29) is 5.41 Å². The minimum atomic E-state index is -0.146. The van der Waals surface area contributed by atoms with E-state index in [1.165, 1.54) is 75.7 Å². The zero-order valence-corrected chi connectivity index (χ0v) is 26.1. The van der Waals surface area contributed by atoms with Gasteiger partial charge in [-0.3, -0.25) is 0 Å². The summed E-state index contributed by atoms with van der Waals surface area (Å²) in [6, 6.07) is 55.9. The molecule has 8 aromatic rings. The molecule has 0 atom stereocenters. The first-order valence-electron chi connectivity index (χ1n) is 15.6.